The van der Waals surface area contributed by atoms with Crippen molar-refractivity contribution in [2.24, 2.45) is 0 Å². The lowest BCUT2D eigenvalue weighted by molar-refractivity contribution is -0.123. The van der Waals surface area contributed by atoms with Crippen molar-refractivity contribution in [2.45, 2.75) is 46.1 Å². The van der Waals surface area contributed by atoms with Crippen molar-refractivity contribution in [3.63, 3.8) is 0 Å². The van der Waals surface area contributed by atoms with E-state index in [4.69, 9.17) is 17.0 Å². The van der Waals surface area contributed by atoms with Gasteiger partial charge < -0.3 is 10.1 Å². The third-order valence-corrected chi connectivity index (χ3v) is 2.91. The van der Waals surface area contributed by atoms with E-state index in [0.29, 0.717) is 11.0 Å². The highest BCUT2D eigenvalue weighted by Crippen LogP contribution is 2.25. The van der Waals surface area contributed by atoms with Gasteiger partial charge in [0.1, 0.15) is 5.75 Å². The van der Waals surface area contributed by atoms with E-state index >= 15 is 0 Å². The molecule has 0 heterocycles. The van der Waals surface area contributed by atoms with Crippen LogP contribution in [0.15, 0.2) is 24.3 Å². The van der Waals surface area contributed by atoms with E-state index in [2.05, 4.69) is 30.0 Å². The Balaban J connectivity index is 2.43. The molecule has 1 amide bonds. The number of hydrogen-bond acceptors (Lipinski definition) is 3. The average molecular weight is 323 g/mol. The summed E-state index contributed by atoms with van der Waals surface area (Å²) >= 11 is 5.08. The van der Waals surface area contributed by atoms with Crippen molar-refractivity contribution in [1.82, 2.24) is 16.2 Å². The van der Waals surface area contributed by atoms with Crippen LogP contribution in [-0.4, -0.2) is 23.2 Å². The van der Waals surface area contributed by atoms with Gasteiger partial charge >= 0.3 is 0 Å². The summed E-state index contributed by atoms with van der Waals surface area (Å²) in [6, 6.07) is 7.71. The first-order valence-electron chi connectivity index (χ1n) is 7.28. The predicted octanol–water partition coefficient (Wildman–Crippen LogP) is 2.48. The fourth-order valence-electron chi connectivity index (χ4n) is 1.77. The van der Waals surface area contributed by atoms with Crippen molar-refractivity contribution < 1.29 is 9.53 Å². The smallest absolute Gasteiger partial charge is 0.276 e. The molecular weight excluding hydrogens is 298 g/mol. The number of hydrogen-bond donors (Lipinski definition) is 3. The van der Waals surface area contributed by atoms with Gasteiger partial charge in [0.15, 0.2) is 11.7 Å². The van der Waals surface area contributed by atoms with E-state index in [-0.39, 0.29) is 18.1 Å². The number of hydrazine groups is 1. The maximum atomic E-state index is 11.8. The highest BCUT2D eigenvalue weighted by Gasteiger charge is 2.12. The number of amides is 1. The molecule has 5 nitrogen and oxygen atoms in total. The Bertz CT molecular complexity index is 524. The molecule has 1 aromatic rings. The lowest BCUT2D eigenvalue weighted by atomic mass is 10.0. The van der Waals surface area contributed by atoms with Gasteiger partial charge in [-0.25, -0.2) is 0 Å². The van der Waals surface area contributed by atoms with Crippen molar-refractivity contribution in [2.75, 3.05) is 6.61 Å². The van der Waals surface area contributed by atoms with Crippen LogP contribution in [0.4, 0.5) is 0 Å². The summed E-state index contributed by atoms with van der Waals surface area (Å²) in [5.74, 6) is 0.764. The van der Waals surface area contributed by atoms with Crippen LogP contribution >= 0.6 is 12.2 Å². The standard InChI is InChI=1S/C16H25N3O2S/c1-11(2)12-8-6-7-9-13(12)21-10-14(20)18-19-15(22)17-16(3,4)5/h6-9,11H,10H2,1-5H3,(H,18,20)(H2,17,19,22). The van der Waals surface area contributed by atoms with E-state index in [9.17, 15) is 4.79 Å². The number of benzene rings is 1. The molecule has 0 fully saturated rings. The first-order valence-corrected chi connectivity index (χ1v) is 7.68. The lowest BCUT2D eigenvalue weighted by Crippen LogP contribution is -2.53. The Morgan fingerprint density at radius 3 is 2.45 bits per heavy atom. The number of carbonyl (C=O) groups excluding carboxylic acids is 1. The van der Waals surface area contributed by atoms with Crippen LogP contribution in [-0.2, 0) is 4.79 Å². The number of thiocarbonyl (C=S) groups is 1. The van der Waals surface area contributed by atoms with E-state index in [1.165, 1.54) is 0 Å². The summed E-state index contributed by atoms with van der Waals surface area (Å²) in [5.41, 5.74) is 6.07. The summed E-state index contributed by atoms with van der Waals surface area (Å²) < 4.78 is 5.58. The van der Waals surface area contributed by atoms with Gasteiger partial charge in [0, 0.05) is 5.54 Å². The zero-order valence-electron chi connectivity index (χ0n) is 13.8. The number of nitrogens with one attached hydrogen (secondary N) is 3. The molecule has 0 saturated heterocycles. The molecule has 122 valence electrons. The van der Waals surface area contributed by atoms with Crippen molar-refractivity contribution in [3.05, 3.63) is 29.8 Å². The number of ether oxygens (including phenoxy) is 1. The minimum absolute atomic E-state index is 0.0745. The monoisotopic (exact) mass is 323 g/mol. The summed E-state index contributed by atoms with van der Waals surface area (Å²) in [4.78, 5) is 11.8. The number of rotatable bonds is 4. The van der Waals surface area contributed by atoms with Crippen molar-refractivity contribution in [1.29, 1.82) is 0 Å². The minimum Gasteiger partial charge on any atom is -0.483 e. The molecule has 0 bridgehead atoms. The number of carbonyl (C=O) groups is 1. The maximum absolute atomic E-state index is 11.8. The van der Waals surface area contributed by atoms with Gasteiger partial charge in [0.05, 0.1) is 0 Å². The predicted molar refractivity (Wildman–Crippen MR) is 92.8 cm³/mol. The fraction of sp³-hybridized carbons (Fsp3) is 0.500. The van der Waals surface area contributed by atoms with Crippen LogP contribution in [0.3, 0.4) is 0 Å². The summed E-state index contributed by atoms with van der Waals surface area (Å²) in [5, 5.41) is 3.40. The van der Waals surface area contributed by atoms with Gasteiger partial charge in [0.25, 0.3) is 5.91 Å². The van der Waals surface area contributed by atoms with Crippen LogP contribution in [0, 0.1) is 0 Å². The molecular formula is C16H25N3O2S. The maximum Gasteiger partial charge on any atom is 0.276 e. The Morgan fingerprint density at radius 1 is 1.23 bits per heavy atom. The van der Waals surface area contributed by atoms with Gasteiger partial charge in [-0.3, -0.25) is 15.6 Å². The molecule has 3 N–H and O–H groups in total. The summed E-state index contributed by atoms with van der Waals surface area (Å²) in [6.45, 7) is 10.0. The van der Waals surface area contributed by atoms with Crippen LogP contribution in [0.25, 0.3) is 0 Å². The second kappa shape index (κ2) is 7.98. The first kappa shape index (κ1) is 18.2. The molecule has 1 rings (SSSR count). The topological polar surface area (TPSA) is 62.4 Å². The molecule has 0 atom stereocenters. The molecule has 0 radical (unpaired) electrons. The van der Waals surface area contributed by atoms with Gasteiger partial charge in [-0.05, 0) is 50.5 Å². The van der Waals surface area contributed by atoms with Crippen molar-refractivity contribution >= 4 is 23.2 Å². The third-order valence-electron chi connectivity index (χ3n) is 2.70. The zero-order valence-corrected chi connectivity index (χ0v) is 14.6. The average Bonchev–Trinajstić information content (AvgIpc) is 2.41. The quantitative estimate of drug-likeness (QED) is 0.587. The van der Waals surface area contributed by atoms with E-state index < -0.39 is 0 Å². The largest absolute Gasteiger partial charge is 0.483 e. The van der Waals surface area contributed by atoms with Crippen LogP contribution in [0.1, 0.15) is 46.1 Å². The SMILES string of the molecule is CC(C)c1ccccc1OCC(=O)NNC(=S)NC(C)(C)C. The molecule has 0 aliphatic rings. The Morgan fingerprint density at radius 2 is 1.86 bits per heavy atom. The van der Waals surface area contributed by atoms with Gasteiger partial charge in [-0.2, -0.15) is 0 Å². The molecule has 1 aromatic carbocycles. The Hall–Kier alpha value is -1.82. The van der Waals surface area contributed by atoms with Gasteiger partial charge in [0.2, 0.25) is 0 Å². The van der Waals surface area contributed by atoms with Crippen LogP contribution in [0.2, 0.25) is 0 Å². The second-order valence-corrected chi connectivity index (χ2v) is 6.77. The minimum atomic E-state index is -0.295. The molecule has 0 unspecified atom stereocenters. The van der Waals surface area contributed by atoms with Crippen LogP contribution in [0.5, 0.6) is 5.75 Å². The molecule has 0 saturated carbocycles. The molecule has 0 spiro atoms. The highest BCUT2D eigenvalue weighted by molar-refractivity contribution is 7.80. The number of para-hydroxylation sites is 1. The van der Waals surface area contributed by atoms with Crippen LogP contribution < -0.4 is 20.9 Å². The second-order valence-electron chi connectivity index (χ2n) is 6.36. The van der Waals surface area contributed by atoms with E-state index in [1.807, 2.05) is 45.0 Å². The third kappa shape index (κ3) is 6.76. The van der Waals surface area contributed by atoms with Crippen molar-refractivity contribution in [3.8, 4) is 5.75 Å². The summed E-state index contributed by atoms with van der Waals surface area (Å²) in [7, 11) is 0. The molecule has 0 aliphatic carbocycles. The lowest BCUT2D eigenvalue weighted by Gasteiger charge is -2.23. The summed E-state index contributed by atoms with van der Waals surface area (Å²) in [6.07, 6.45) is 0. The van der Waals surface area contributed by atoms with Gasteiger partial charge in [-0.15, -0.1) is 0 Å². The first-order chi connectivity index (χ1) is 10.2. The Kier molecular flexibility index (Phi) is 6.61. The molecule has 22 heavy (non-hydrogen) atoms. The van der Waals surface area contributed by atoms with E-state index in [1.54, 1.807) is 0 Å². The molecule has 0 aromatic heterocycles. The molecule has 0 aliphatic heterocycles. The Labute approximate surface area is 137 Å². The normalized spacial score (nSPS) is 11.0. The molecule has 6 heteroatoms. The van der Waals surface area contributed by atoms with Gasteiger partial charge in [-0.1, -0.05) is 32.0 Å². The highest BCUT2D eigenvalue weighted by atomic mass is 32.1. The fourth-order valence-corrected chi connectivity index (χ4v) is 2.12. The van der Waals surface area contributed by atoms with E-state index in [0.717, 1.165) is 11.3 Å². The zero-order chi connectivity index (χ0) is 16.8.